The number of oxazole rings is 1. The summed E-state index contributed by atoms with van der Waals surface area (Å²) in [7, 11) is 3.56. The number of aromatic nitrogens is 3. The van der Waals surface area contributed by atoms with Crippen LogP contribution in [-0.2, 0) is 36.1 Å². The number of aryl methyl sites for hydroxylation is 2. The Labute approximate surface area is 182 Å². The van der Waals surface area contributed by atoms with Gasteiger partial charge in [-0.15, -0.1) is 0 Å². The van der Waals surface area contributed by atoms with Gasteiger partial charge in [-0.05, 0) is 19.9 Å². The molecule has 13 heteroatoms. The minimum absolute atomic E-state index is 0.0917. The van der Waals surface area contributed by atoms with E-state index in [4.69, 9.17) is 19.1 Å². The van der Waals surface area contributed by atoms with Crippen molar-refractivity contribution >= 4 is 11.9 Å². The number of aliphatic carboxylic acids is 1. The van der Waals surface area contributed by atoms with Gasteiger partial charge in [0.25, 0.3) is 5.89 Å². The maximum Gasteiger partial charge on any atom is 0.490 e. The van der Waals surface area contributed by atoms with Crippen LogP contribution in [0.5, 0.6) is 0 Å². The van der Waals surface area contributed by atoms with Crippen molar-refractivity contribution in [2.24, 2.45) is 7.05 Å². The Bertz CT molecular complexity index is 940. The zero-order chi connectivity index (χ0) is 24.1. The molecule has 178 valence electrons. The summed E-state index contributed by atoms with van der Waals surface area (Å²) in [6, 6.07) is 2.00. The molecule has 0 spiro atoms. The molecular formula is C19H26F3N5O5. The second-order valence-corrected chi connectivity index (χ2v) is 7.38. The normalized spacial score (nSPS) is 14.8. The molecule has 2 aromatic rings. The molecule has 0 saturated heterocycles. The third-order valence-corrected chi connectivity index (χ3v) is 4.52. The van der Waals surface area contributed by atoms with E-state index in [9.17, 15) is 18.0 Å². The van der Waals surface area contributed by atoms with Crippen LogP contribution in [-0.4, -0.2) is 69.1 Å². The summed E-state index contributed by atoms with van der Waals surface area (Å²) in [5.74, 6) is -2.12. The van der Waals surface area contributed by atoms with Crippen molar-refractivity contribution < 1.29 is 37.0 Å². The number of alkyl halides is 3. The van der Waals surface area contributed by atoms with E-state index in [1.807, 2.05) is 25.6 Å². The topological polar surface area (TPSA) is 123 Å². The van der Waals surface area contributed by atoms with Gasteiger partial charge in [-0.25, -0.2) is 9.78 Å². The quantitative estimate of drug-likeness (QED) is 0.666. The van der Waals surface area contributed by atoms with Gasteiger partial charge in [0.1, 0.15) is 5.76 Å². The number of rotatable bonds is 6. The number of carbonyl (C=O) groups excluding carboxylic acids is 1. The number of hydrogen-bond acceptors (Lipinski definition) is 7. The molecule has 1 amide bonds. The fourth-order valence-electron chi connectivity index (χ4n) is 3.10. The number of halogens is 3. The van der Waals surface area contributed by atoms with E-state index in [0.717, 1.165) is 42.4 Å². The Morgan fingerprint density at radius 1 is 1.41 bits per heavy atom. The van der Waals surface area contributed by atoms with Gasteiger partial charge in [0.05, 0.1) is 23.7 Å². The van der Waals surface area contributed by atoms with Gasteiger partial charge in [0.2, 0.25) is 0 Å². The Balaban J connectivity index is 0.000000451. The van der Waals surface area contributed by atoms with Crippen LogP contribution in [0.15, 0.2) is 10.5 Å². The van der Waals surface area contributed by atoms with Gasteiger partial charge in [-0.2, -0.15) is 18.3 Å². The van der Waals surface area contributed by atoms with Crippen molar-refractivity contribution in [3.05, 3.63) is 34.8 Å². The third kappa shape index (κ3) is 7.05. The molecule has 3 rings (SSSR count). The molecule has 1 aliphatic heterocycles. The molecule has 0 radical (unpaired) electrons. The van der Waals surface area contributed by atoms with Crippen LogP contribution in [0.3, 0.4) is 0 Å². The van der Waals surface area contributed by atoms with E-state index < -0.39 is 12.1 Å². The predicted octanol–water partition coefficient (Wildman–Crippen LogP) is 1.67. The Morgan fingerprint density at radius 3 is 2.59 bits per heavy atom. The van der Waals surface area contributed by atoms with Crippen molar-refractivity contribution in [2.45, 2.75) is 45.6 Å². The number of methoxy groups -OCH3 is 1. The van der Waals surface area contributed by atoms with Crippen LogP contribution in [0, 0.1) is 6.92 Å². The van der Waals surface area contributed by atoms with Gasteiger partial charge in [-0.3, -0.25) is 14.4 Å². The Hall–Kier alpha value is -2.93. The van der Waals surface area contributed by atoms with E-state index in [0.29, 0.717) is 13.2 Å². The monoisotopic (exact) mass is 461 g/mol. The molecule has 0 aliphatic carbocycles. The Kier molecular flexibility index (Phi) is 8.38. The minimum atomic E-state index is -5.08. The van der Waals surface area contributed by atoms with Crippen LogP contribution in [0.1, 0.15) is 40.5 Å². The van der Waals surface area contributed by atoms with Gasteiger partial charge in [-0.1, -0.05) is 0 Å². The van der Waals surface area contributed by atoms with Crippen LogP contribution in [0.25, 0.3) is 0 Å². The van der Waals surface area contributed by atoms with Crippen LogP contribution < -0.4 is 5.32 Å². The van der Waals surface area contributed by atoms with E-state index in [1.165, 1.54) is 0 Å². The lowest BCUT2D eigenvalue weighted by molar-refractivity contribution is -0.192. The molecule has 32 heavy (non-hydrogen) atoms. The number of nitrogens with zero attached hydrogens (tertiary/aromatic N) is 4. The first-order valence-corrected chi connectivity index (χ1v) is 9.71. The SMILES string of the molecule is COC[C@H](C)NC(=O)c1nc2c(o1)CCN(Cc1cc(C)nn1C)C2.O=C(O)C(F)(F)F. The molecule has 0 aromatic carbocycles. The van der Waals surface area contributed by atoms with Crippen LogP contribution in [0.4, 0.5) is 13.2 Å². The second-order valence-electron chi connectivity index (χ2n) is 7.38. The highest BCUT2D eigenvalue weighted by Gasteiger charge is 2.38. The minimum Gasteiger partial charge on any atom is -0.475 e. The summed E-state index contributed by atoms with van der Waals surface area (Å²) in [4.78, 5) is 27.8. The lowest BCUT2D eigenvalue weighted by atomic mass is 10.1. The first kappa shape index (κ1) is 25.3. The van der Waals surface area contributed by atoms with Crippen molar-refractivity contribution in [3.63, 3.8) is 0 Å². The molecule has 10 nitrogen and oxygen atoms in total. The number of fused-ring (bicyclic) bond motifs is 1. The molecule has 2 N–H and O–H groups in total. The van der Waals surface area contributed by atoms with Crippen LogP contribution in [0.2, 0.25) is 0 Å². The fraction of sp³-hybridized carbons (Fsp3) is 0.579. The average Bonchev–Trinajstić information content (AvgIpc) is 3.24. The number of carboxylic acid groups (broad SMARTS) is 1. The second kappa shape index (κ2) is 10.6. The first-order valence-electron chi connectivity index (χ1n) is 9.71. The molecular weight excluding hydrogens is 435 g/mol. The van der Waals surface area contributed by atoms with Gasteiger partial charge in [0.15, 0.2) is 0 Å². The fourth-order valence-corrected chi connectivity index (χ4v) is 3.10. The van der Waals surface area contributed by atoms with Gasteiger partial charge >= 0.3 is 18.1 Å². The van der Waals surface area contributed by atoms with E-state index in [1.54, 1.807) is 7.11 Å². The molecule has 2 aromatic heterocycles. The number of amides is 1. The van der Waals surface area contributed by atoms with E-state index >= 15 is 0 Å². The Morgan fingerprint density at radius 2 is 2.06 bits per heavy atom. The number of nitrogens with one attached hydrogen (secondary N) is 1. The summed E-state index contributed by atoms with van der Waals surface area (Å²) in [5, 5.41) is 14.3. The molecule has 1 aliphatic rings. The highest BCUT2D eigenvalue weighted by atomic mass is 19.4. The summed E-state index contributed by atoms with van der Waals surface area (Å²) in [6.45, 7) is 6.66. The molecule has 0 unspecified atom stereocenters. The summed E-state index contributed by atoms with van der Waals surface area (Å²) >= 11 is 0. The maximum absolute atomic E-state index is 12.2. The summed E-state index contributed by atoms with van der Waals surface area (Å²) < 4.78 is 44.3. The lowest BCUT2D eigenvalue weighted by Crippen LogP contribution is -2.35. The van der Waals surface area contributed by atoms with Crippen molar-refractivity contribution in [1.29, 1.82) is 0 Å². The first-order chi connectivity index (χ1) is 14.9. The highest BCUT2D eigenvalue weighted by Crippen LogP contribution is 2.21. The number of carboxylic acids is 1. The van der Waals surface area contributed by atoms with Crippen molar-refractivity contribution in [3.8, 4) is 0 Å². The maximum atomic E-state index is 12.2. The van der Waals surface area contributed by atoms with Crippen molar-refractivity contribution in [1.82, 2.24) is 25.0 Å². The molecule has 1 atom stereocenters. The smallest absolute Gasteiger partial charge is 0.475 e. The zero-order valence-electron chi connectivity index (χ0n) is 18.2. The summed E-state index contributed by atoms with van der Waals surface area (Å²) in [5.41, 5.74) is 3.02. The van der Waals surface area contributed by atoms with Crippen molar-refractivity contribution in [2.75, 3.05) is 20.3 Å². The number of hydrogen-bond donors (Lipinski definition) is 2. The molecule has 0 bridgehead atoms. The molecule has 0 fully saturated rings. The van der Waals surface area contributed by atoms with E-state index in [2.05, 4.69) is 26.4 Å². The van der Waals surface area contributed by atoms with Crippen LogP contribution >= 0.6 is 0 Å². The lowest BCUT2D eigenvalue weighted by Gasteiger charge is -2.24. The average molecular weight is 461 g/mol. The zero-order valence-corrected chi connectivity index (χ0v) is 18.2. The van der Waals surface area contributed by atoms with Gasteiger partial charge < -0.3 is 19.6 Å². The highest BCUT2D eigenvalue weighted by molar-refractivity contribution is 5.89. The van der Waals surface area contributed by atoms with Gasteiger partial charge in [0, 0.05) is 46.3 Å². The summed E-state index contributed by atoms with van der Waals surface area (Å²) in [6.07, 6.45) is -4.33. The largest absolute Gasteiger partial charge is 0.490 e. The third-order valence-electron chi connectivity index (χ3n) is 4.52. The number of ether oxygens (including phenoxy) is 1. The van der Waals surface area contributed by atoms with E-state index in [-0.39, 0.29) is 17.8 Å². The molecule has 3 heterocycles. The number of carbonyl (C=O) groups is 2. The standard InChI is InChI=1S/C17H25N5O3.C2HF3O2/c1-11-7-13(21(3)20-11)8-22-6-5-15-14(9-22)19-17(25-15)16(23)18-12(2)10-24-4;3-2(4,5)1(6)7/h7,12H,5-6,8-10H2,1-4H3,(H,18,23);(H,6,7)/t12-;/m0./s1. The molecule has 0 saturated carbocycles. The predicted molar refractivity (Wildman–Crippen MR) is 105 cm³/mol.